The van der Waals surface area contributed by atoms with E-state index in [1.807, 2.05) is 58.0 Å². The van der Waals surface area contributed by atoms with Crippen LogP contribution in [0.4, 0.5) is 0 Å². The minimum absolute atomic E-state index is 0.947. The molecule has 0 amide bonds. The molecule has 0 spiro atoms. The highest BCUT2D eigenvalue weighted by Crippen LogP contribution is 2.23. The Morgan fingerprint density at radius 3 is 1.04 bits per heavy atom. The molecule has 4 aromatic rings. The van der Waals surface area contributed by atoms with Gasteiger partial charge >= 0.3 is 0 Å². The minimum atomic E-state index is 0.947. The molecule has 3 heterocycles. The summed E-state index contributed by atoms with van der Waals surface area (Å²) in [7, 11) is 0. The van der Waals surface area contributed by atoms with Gasteiger partial charge in [-0.25, -0.2) is 15.0 Å². The van der Waals surface area contributed by atoms with Gasteiger partial charge in [-0.3, -0.25) is 0 Å². The van der Waals surface area contributed by atoms with Crippen LogP contribution >= 0.6 is 0 Å². The molecule has 0 saturated carbocycles. The normalized spacial score (nSPS) is 11.1. The third kappa shape index (κ3) is 2.32. The van der Waals surface area contributed by atoms with E-state index in [1.54, 1.807) is 0 Å². The maximum atomic E-state index is 4.34. The largest absolute Gasteiger partial charge is 0.304 e. The number of aryl methyl sites for hydroxylation is 3. The summed E-state index contributed by atoms with van der Waals surface area (Å²) >= 11 is 0. The lowest BCUT2D eigenvalue weighted by Crippen LogP contribution is -2.04. The van der Waals surface area contributed by atoms with E-state index in [0.717, 1.165) is 34.5 Å². The average molecular weight is 318 g/mol. The molecule has 0 N–H and O–H groups in total. The van der Waals surface area contributed by atoms with Gasteiger partial charge in [0, 0.05) is 37.2 Å². The summed E-state index contributed by atoms with van der Waals surface area (Å²) in [4.78, 5) is 13.0. The van der Waals surface area contributed by atoms with Gasteiger partial charge in [0.15, 0.2) is 0 Å². The molecule has 0 bridgehead atoms. The molecule has 1 aromatic carbocycles. The SMILES string of the molecule is Cc1nccn1-c1cc(-n2ccnc2C)cc(-n2ccnc2C)c1. The highest BCUT2D eigenvalue weighted by atomic mass is 15.1. The van der Waals surface area contributed by atoms with Gasteiger partial charge < -0.3 is 13.7 Å². The molecule has 0 fully saturated rings. The molecule has 6 heteroatoms. The molecule has 3 aromatic heterocycles. The Hall–Kier alpha value is -3.15. The number of rotatable bonds is 3. The van der Waals surface area contributed by atoms with E-state index >= 15 is 0 Å². The van der Waals surface area contributed by atoms with Gasteiger partial charge in [0.05, 0.1) is 17.1 Å². The lowest BCUT2D eigenvalue weighted by atomic mass is 10.2. The summed E-state index contributed by atoms with van der Waals surface area (Å²) in [5.41, 5.74) is 3.16. The first kappa shape index (κ1) is 14.4. The number of aromatic nitrogens is 6. The summed E-state index contributed by atoms with van der Waals surface area (Å²) in [6.45, 7) is 5.99. The molecule has 0 radical (unpaired) electrons. The first-order valence-corrected chi connectivity index (χ1v) is 7.79. The van der Waals surface area contributed by atoms with Crippen LogP contribution in [0.15, 0.2) is 55.4 Å². The van der Waals surface area contributed by atoms with Gasteiger partial charge in [0.1, 0.15) is 17.5 Å². The highest BCUT2D eigenvalue weighted by Gasteiger charge is 2.10. The molecule has 0 saturated heterocycles. The molecular formula is C18H18N6. The topological polar surface area (TPSA) is 53.5 Å². The Kier molecular flexibility index (Phi) is 3.30. The van der Waals surface area contributed by atoms with E-state index in [9.17, 15) is 0 Å². The van der Waals surface area contributed by atoms with Crippen molar-refractivity contribution >= 4 is 0 Å². The minimum Gasteiger partial charge on any atom is -0.304 e. The van der Waals surface area contributed by atoms with Crippen molar-refractivity contribution < 1.29 is 0 Å². The maximum Gasteiger partial charge on any atom is 0.110 e. The van der Waals surface area contributed by atoms with E-state index in [-0.39, 0.29) is 0 Å². The van der Waals surface area contributed by atoms with Gasteiger partial charge in [-0.15, -0.1) is 0 Å². The van der Waals surface area contributed by atoms with Crippen LogP contribution < -0.4 is 0 Å². The number of imidazole rings is 3. The fraction of sp³-hybridized carbons (Fsp3) is 0.167. The van der Waals surface area contributed by atoms with Crippen molar-refractivity contribution in [2.75, 3.05) is 0 Å². The van der Waals surface area contributed by atoms with Crippen molar-refractivity contribution in [2.45, 2.75) is 20.8 Å². The zero-order valence-corrected chi connectivity index (χ0v) is 13.9. The third-order valence-electron chi connectivity index (χ3n) is 4.20. The Morgan fingerprint density at radius 1 is 0.542 bits per heavy atom. The Morgan fingerprint density at radius 2 is 0.833 bits per heavy atom. The van der Waals surface area contributed by atoms with Crippen LogP contribution in [0.5, 0.6) is 0 Å². The molecule has 120 valence electrons. The summed E-state index contributed by atoms with van der Waals surface area (Å²) in [5, 5.41) is 0. The second-order valence-corrected chi connectivity index (χ2v) is 5.74. The molecule has 0 aliphatic heterocycles. The summed E-state index contributed by atoms with van der Waals surface area (Å²) in [6.07, 6.45) is 11.4. The fourth-order valence-electron chi connectivity index (χ4n) is 2.95. The first-order chi connectivity index (χ1) is 11.6. The second-order valence-electron chi connectivity index (χ2n) is 5.74. The monoisotopic (exact) mass is 318 g/mol. The van der Waals surface area contributed by atoms with Crippen molar-refractivity contribution in [2.24, 2.45) is 0 Å². The standard InChI is InChI=1S/C18H18N6/c1-13-19-4-7-22(13)16-10-17(23-8-5-20-14(23)2)12-18(11-16)24-9-6-21-15(24)3/h4-12H,1-3H3. The third-order valence-corrected chi connectivity index (χ3v) is 4.20. The second kappa shape index (κ2) is 5.49. The Bertz CT molecular complexity index is 863. The van der Waals surface area contributed by atoms with E-state index < -0.39 is 0 Å². The van der Waals surface area contributed by atoms with Gasteiger partial charge in [-0.1, -0.05) is 0 Å². The number of nitrogens with zero attached hydrogens (tertiary/aromatic N) is 6. The van der Waals surface area contributed by atoms with Crippen molar-refractivity contribution in [3.05, 3.63) is 72.9 Å². The average Bonchev–Trinajstić information content (AvgIpc) is 3.28. The zero-order valence-electron chi connectivity index (χ0n) is 13.9. The van der Waals surface area contributed by atoms with Crippen LogP contribution in [0.25, 0.3) is 17.1 Å². The first-order valence-electron chi connectivity index (χ1n) is 7.79. The summed E-state index contributed by atoms with van der Waals surface area (Å²) in [5.74, 6) is 2.84. The van der Waals surface area contributed by atoms with Crippen LogP contribution in [-0.2, 0) is 0 Å². The zero-order chi connectivity index (χ0) is 16.7. The van der Waals surface area contributed by atoms with Gasteiger partial charge in [0.25, 0.3) is 0 Å². The predicted molar refractivity (Wildman–Crippen MR) is 92.0 cm³/mol. The van der Waals surface area contributed by atoms with Crippen molar-refractivity contribution in [3.8, 4) is 17.1 Å². The van der Waals surface area contributed by atoms with Crippen LogP contribution in [0.2, 0.25) is 0 Å². The number of hydrogen-bond acceptors (Lipinski definition) is 3. The Balaban J connectivity index is 1.97. The Labute approximate surface area is 140 Å². The quantitative estimate of drug-likeness (QED) is 0.583. The summed E-state index contributed by atoms with van der Waals surface area (Å²) in [6, 6.07) is 6.41. The van der Waals surface area contributed by atoms with Crippen LogP contribution in [0.3, 0.4) is 0 Å². The highest BCUT2D eigenvalue weighted by molar-refractivity contribution is 5.54. The summed E-state index contributed by atoms with van der Waals surface area (Å²) < 4.78 is 6.22. The molecule has 0 aliphatic carbocycles. The van der Waals surface area contributed by atoms with Crippen LogP contribution in [0, 0.1) is 20.8 Å². The van der Waals surface area contributed by atoms with E-state index in [1.165, 1.54) is 0 Å². The van der Waals surface area contributed by atoms with Crippen molar-refractivity contribution in [1.29, 1.82) is 0 Å². The molecule has 0 unspecified atom stereocenters. The van der Waals surface area contributed by atoms with Gasteiger partial charge in [0.2, 0.25) is 0 Å². The molecule has 0 atom stereocenters. The van der Waals surface area contributed by atoms with E-state index in [0.29, 0.717) is 0 Å². The smallest absolute Gasteiger partial charge is 0.110 e. The molecule has 4 rings (SSSR count). The molecule has 6 nitrogen and oxygen atoms in total. The number of benzene rings is 1. The fourth-order valence-corrected chi connectivity index (χ4v) is 2.95. The van der Waals surface area contributed by atoms with Crippen molar-refractivity contribution in [3.63, 3.8) is 0 Å². The van der Waals surface area contributed by atoms with E-state index in [4.69, 9.17) is 0 Å². The number of hydrogen-bond donors (Lipinski definition) is 0. The molecular weight excluding hydrogens is 300 g/mol. The maximum absolute atomic E-state index is 4.34. The van der Waals surface area contributed by atoms with Gasteiger partial charge in [-0.05, 0) is 39.0 Å². The van der Waals surface area contributed by atoms with Crippen LogP contribution in [0.1, 0.15) is 17.5 Å². The van der Waals surface area contributed by atoms with Crippen molar-refractivity contribution in [1.82, 2.24) is 28.7 Å². The van der Waals surface area contributed by atoms with E-state index in [2.05, 4.69) is 46.9 Å². The molecule has 0 aliphatic rings. The lowest BCUT2D eigenvalue weighted by Gasteiger charge is -2.14. The predicted octanol–water partition coefficient (Wildman–Crippen LogP) is 3.17. The lowest BCUT2D eigenvalue weighted by molar-refractivity contribution is 0.926. The van der Waals surface area contributed by atoms with Gasteiger partial charge in [-0.2, -0.15) is 0 Å². The molecule has 24 heavy (non-hydrogen) atoms. The van der Waals surface area contributed by atoms with Crippen LogP contribution in [-0.4, -0.2) is 28.7 Å².